The second-order valence-corrected chi connectivity index (χ2v) is 2.85. The van der Waals surface area contributed by atoms with Crippen molar-refractivity contribution in [1.29, 1.82) is 0 Å². The maximum Gasteiger partial charge on any atom is 0.221 e. The van der Waals surface area contributed by atoms with E-state index in [4.69, 9.17) is 0 Å². The van der Waals surface area contributed by atoms with Gasteiger partial charge in [0.2, 0.25) is 5.43 Å². The number of hydrogen-bond acceptors (Lipinski definition) is 3. The molecule has 0 aliphatic heterocycles. The first-order chi connectivity index (χ1) is 5.25. The van der Waals surface area contributed by atoms with Crippen LogP contribution in [0.5, 0.6) is 5.75 Å². The molecule has 1 aromatic rings. The van der Waals surface area contributed by atoms with Crippen LogP contribution in [0.25, 0.3) is 0 Å². The largest absolute Gasteiger partial charge is 0.503 e. The lowest BCUT2D eigenvalue weighted by molar-refractivity contribution is 0.458. The highest BCUT2D eigenvalue weighted by molar-refractivity contribution is 7.98. The molecule has 1 aromatic carbocycles. The van der Waals surface area contributed by atoms with Crippen LogP contribution in [0.3, 0.4) is 0 Å². The summed E-state index contributed by atoms with van der Waals surface area (Å²) in [7, 11) is 0. The molecule has 0 amide bonds. The van der Waals surface area contributed by atoms with Crippen LogP contribution in [-0.2, 0) is 0 Å². The fraction of sp³-hybridized carbons (Fsp3) is 0.125. The lowest BCUT2D eigenvalue weighted by atomic mass is 10.5. The molecular weight excluding hydrogens is 160 g/mol. The van der Waals surface area contributed by atoms with Crippen LogP contribution in [0.2, 0.25) is 0 Å². The predicted molar refractivity (Wildman–Crippen MR) is 46.2 cm³/mol. The van der Waals surface area contributed by atoms with Gasteiger partial charge in [-0.05, 0) is 18.4 Å². The van der Waals surface area contributed by atoms with E-state index in [2.05, 4.69) is 0 Å². The SMILES string of the molecule is CSc1ccccc(=O)c1O. The van der Waals surface area contributed by atoms with E-state index in [1.165, 1.54) is 17.8 Å². The topological polar surface area (TPSA) is 37.3 Å². The summed E-state index contributed by atoms with van der Waals surface area (Å²) in [5.41, 5.74) is -0.334. The predicted octanol–water partition coefficient (Wildman–Crippen LogP) is 1.47. The zero-order valence-electron chi connectivity index (χ0n) is 6.07. The van der Waals surface area contributed by atoms with Gasteiger partial charge in [-0.3, -0.25) is 4.79 Å². The van der Waals surface area contributed by atoms with Crippen molar-refractivity contribution >= 4 is 11.8 Å². The number of hydrogen-bond donors (Lipinski definition) is 1. The monoisotopic (exact) mass is 168 g/mol. The van der Waals surface area contributed by atoms with E-state index in [0.29, 0.717) is 4.90 Å². The molecule has 0 aromatic heterocycles. The Bertz CT molecular complexity index is 309. The van der Waals surface area contributed by atoms with Gasteiger partial charge in [-0.25, -0.2) is 0 Å². The van der Waals surface area contributed by atoms with Crippen molar-refractivity contribution in [3.63, 3.8) is 0 Å². The molecule has 0 heterocycles. The van der Waals surface area contributed by atoms with Crippen molar-refractivity contribution in [3.8, 4) is 5.75 Å². The van der Waals surface area contributed by atoms with Crippen molar-refractivity contribution in [3.05, 3.63) is 34.5 Å². The van der Waals surface area contributed by atoms with Gasteiger partial charge in [-0.15, -0.1) is 11.8 Å². The Morgan fingerprint density at radius 1 is 1.36 bits per heavy atom. The first-order valence-electron chi connectivity index (χ1n) is 3.12. The fourth-order valence-corrected chi connectivity index (χ4v) is 1.24. The Balaban J connectivity index is 3.42. The van der Waals surface area contributed by atoms with Gasteiger partial charge in [0.05, 0.1) is 4.90 Å². The van der Waals surface area contributed by atoms with Gasteiger partial charge in [0.15, 0.2) is 5.75 Å². The third-order valence-corrected chi connectivity index (χ3v) is 2.06. The van der Waals surface area contributed by atoms with Gasteiger partial charge < -0.3 is 5.11 Å². The minimum absolute atomic E-state index is 0.164. The second kappa shape index (κ2) is 3.44. The van der Waals surface area contributed by atoms with Crippen molar-refractivity contribution in [2.45, 2.75) is 4.90 Å². The van der Waals surface area contributed by atoms with E-state index in [1.54, 1.807) is 18.2 Å². The molecule has 3 heteroatoms. The van der Waals surface area contributed by atoms with Crippen LogP contribution in [0, 0.1) is 0 Å². The molecule has 0 aliphatic carbocycles. The summed E-state index contributed by atoms with van der Waals surface area (Å²) in [4.78, 5) is 11.5. The summed E-state index contributed by atoms with van der Waals surface area (Å²) < 4.78 is 0. The van der Waals surface area contributed by atoms with E-state index < -0.39 is 0 Å². The minimum Gasteiger partial charge on any atom is -0.503 e. The molecule has 58 valence electrons. The maximum atomic E-state index is 10.9. The molecule has 0 bridgehead atoms. The molecular formula is C8H8O2S. The van der Waals surface area contributed by atoms with E-state index >= 15 is 0 Å². The summed E-state index contributed by atoms with van der Waals surface area (Å²) in [6.07, 6.45) is 1.81. The molecule has 1 N–H and O–H groups in total. The molecule has 0 atom stereocenters. The van der Waals surface area contributed by atoms with E-state index in [0.717, 1.165) is 0 Å². The standard InChI is InChI=1S/C8H8O2S/c1-11-7-5-3-2-4-6(9)8(7)10/h2-5H,1H3,(H,9,10). The van der Waals surface area contributed by atoms with Crippen LogP contribution in [0.15, 0.2) is 34.0 Å². The van der Waals surface area contributed by atoms with E-state index in [9.17, 15) is 9.90 Å². The first-order valence-corrected chi connectivity index (χ1v) is 4.34. The Morgan fingerprint density at radius 3 is 2.64 bits per heavy atom. The zero-order chi connectivity index (χ0) is 8.27. The lowest BCUT2D eigenvalue weighted by Crippen LogP contribution is -1.93. The smallest absolute Gasteiger partial charge is 0.221 e. The highest BCUT2D eigenvalue weighted by Crippen LogP contribution is 2.20. The second-order valence-electron chi connectivity index (χ2n) is 2.00. The van der Waals surface area contributed by atoms with Gasteiger partial charge in [0.25, 0.3) is 0 Å². The fourth-order valence-electron chi connectivity index (χ4n) is 0.730. The Kier molecular flexibility index (Phi) is 2.54. The molecule has 0 unspecified atom stereocenters. The van der Waals surface area contributed by atoms with Gasteiger partial charge in [-0.1, -0.05) is 12.1 Å². The molecule has 0 radical (unpaired) electrons. The maximum absolute atomic E-state index is 10.9. The Hall–Kier alpha value is -0.960. The molecule has 0 spiro atoms. The summed E-state index contributed by atoms with van der Waals surface area (Å²) in [6, 6.07) is 6.39. The number of rotatable bonds is 1. The van der Waals surface area contributed by atoms with Crippen LogP contribution in [-0.4, -0.2) is 11.4 Å². The summed E-state index contributed by atoms with van der Waals surface area (Å²) in [6.45, 7) is 0. The highest BCUT2D eigenvalue weighted by atomic mass is 32.2. The van der Waals surface area contributed by atoms with Gasteiger partial charge in [0.1, 0.15) is 0 Å². The van der Waals surface area contributed by atoms with Crippen LogP contribution in [0.4, 0.5) is 0 Å². The van der Waals surface area contributed by atoms with Crippen LogP contribution in [0.1, 0.15) is 0 Å². The summed E-state index contributed by atoms with van der Waals surface area (Å²) in [5, 5.41) is 9.22. The van der Waals surface area contributed by atoms with Gasteiger partial charge in [0, 0.05) is 0 Å². The highest BCUT2D eigenvalue weighted by Gasteiger charge is 1.99. The Morgan fingerprint density at radius 2 is 2.00 bits per heavy atom. The lowest BCUT2D eigenvalue weighted by Gasteiger charge is -1.91. The van der Waals surface area contributed by atoms with Crippen LogP contribution >= 0.6 is 11.8 Å². The molecule has 11 heavy (non-hydrogen) atoms. The summed E-state index contributed by atoms with van der Waals surface area (Å²) in [5.74, 6) is -0.164. The minimum atomic E-state index is -0.334. The number of aromatic hydroxyl groups is 1. The Labute approximate surface area is 68.9 Å². The van der Waals surface area contributed by atoms with E-state index in [-0.39, 0.29) is 11.2 Å². The molecule has 0 saturated carbocycles. The quantitative estimate of drug-likeness (QED) is 0.645. The van der Waals surface area contributed by atoms with Crippen molar-refractivity contribution in [2.75, 3.05) is 6.26 Å². The molecule has 0 fully saturated rings. The van der Waals surface area contributed by atoms with Gasteiger partial charge >= 0.3 is 0 Å². The first kappa shape index (κ1) is 8.14. The van der Waals surface area contributed by atoms with Crippen molar-refractivity contribution in [1.82, 2.24) is 0 Å². The van der Waals surface area contributed by atoms with Crippen molar-refractivity contribution < 1.29 is 5.11 Å². The average Bonchev–Trinajstić information content (AvgIpc) is 2.16. The molecule has 0 saturated heterocycles. The molecule has 1 rings (SSSR count). The average molecular weight is 168 g/mol. The zero-order valence-corrected chi connectivity index (χ0v) is 6.89. The van der Waals surface area contributed by atoms with E-state index in [1.807, 2.05) is 6.26 Å². The summed E-state index contributed by atoms with van der Waals surface area (Å²) >= 11 is 1.35. The van der Waals surface area contributed by atoms with Crippen molar-refractivity contribution in [2.24, 2.45) is 0 Å². The third kappa shape index (κ3) is 1.74. The number of thioether (sulfide) groups is 1. The van der Waals surface area contributed by atoms with Gasteiger partial charge in [-0.2, -0.15) is 0 Å². The normalized spacial score (nSPS) is 9.55. The molecule has 0 aliphatic rings. The van der Waals surface area contributed by atoms with Crippen LogP contribution < -0.4 is 5.43 Å². The third-order valence-electron chi connectivity index (χ3n) is 1.29. The molecule has 2 nitrogen and oxygen atoms in total.